The summed E-state index contributed by atoms with van der Waals surface area (Å²) in [6, 6.07) is 0.782. The number of hydrogen-bond acceptors (Lipinski definition) is 1. The van der Waals surface area contributed by atoms with Gasteiger partial charge in [-0.25, -0.2) is 0 Å². The van der Waals surface area contributed by atoms with E-state index in [4.69, 9.17) is 4.74 Å². The fourth-order valence-corrected chi connectivity index (χ4v) is 2.16. The Bertz CT molecular complexity index is 136. The molecular weight excluding hydrogens is 126 g/mol. The normalized spacial score (nSPS) is 43.8. The van der Waals surface area contributed by atoms with Crippen LogP contribution in [0.15, 0.2) is 0 Å². The second-order valence-corrected chi connectivity index (χ2v) is 4.15. The Kier molecular flexibility index (Phi) is 1.29. The van der Waals surface area contributed by atoms with Crippen LogP contribution in [-0.4, -0.2) is 43.9 Å². The molecular formula is C8H16NO+. The van der Waals surface area contributed by atoms with Crippen molar-refractivity contribution in [2.24, 2.45) is 0 Å². The van der Waals surface area contributed by atoms with Crippen LogP contribution >= 0.6 is 0 Å². The maximum Gasteiger partial charge on any atom is 0.112 e. The van der Waals surface area contributed by atoms with E-state index in [1.807, 2.05) is 0 Å². The van der Waals surface area contributed by atoms with Gasteiger partial charge in [-0.15, -0.1) is 0 Å². The highest BCUT2D eigenvalue weighted by Gasteiger charge is 2.42. The fraction of sp³-hybridized carbons (Fsp3) is 1.00. The van der Waals surface area contributed by atoms with Crippen LogP contribution in [0.25, 0.3) is 0 Å². The second-order valence-electron chi connectivity index (χ2n) is 4.15. The number of quaternary nitrogens is 1. The standard InChI is InChI=1S/C8H16NO/c1-9(2)5-8-4-3-7(9)6-10-8/h7-8H,3-6H2,1-2H3/q+1. The quantitative estimate of drug-likeness (QED) is 0.451. The number of fused-ring (bicyclic) bond motifs is 3. The molecule has 0 aromatic heterocycles. The van der Waals surface area contributed by atoms with Crippen molar-refractivity contribution in [2.75, 3.05) is 27.2 Å². The molecule has 2 nitrogen and oxygen atoms in total. The van der Waals surface area contributed by atoms with Gasteiger partial charge in [0, 0.05) is 6.42 Å². The molecule has 3 saturated heterocycles. The summed E-state index contributed by atoms with van der Waals surface area (Å²) < 4.78 is 6.78. The number of nitrogens with zero attached hydrogens (tertiary/aromatic N) is 1. The van der Waals surface area contributed by atoms with Gasteiger partial charge in [0.15, 0.2) is 0 Å². The number of piperidine rings is 1. The van der Waals surface area contributed by atoms with Crippen molar-refractivity contribution >= 4 is 0 Å². The minimum atomic E-state index is 0.569. The molecule has 2 heteroatoms. The van der Waals surface area contributed by atoms with Gasteiger partial charge in [-0.05, 0) is 6.42 Å². The minimum Gasteiger partial charge on any atom is -0.366 e. The highest BCUT2D eigenvalue weighted by atomic mass is 16.5. The Balaban J connectivity index is 2.15. The van der Waals surface area contributed by atoms with E-state index in [-0.39, 0.29) is 0 Å². The average molecular weight is 142 g/mol. The Morgan fingerprint density at radius 3 is 2.30 bits per heavy atom. The second kappa shape index (κ2) is 1.95. The Hall–Kier alpha value is -0.0800. The lowest BCUT2D eigenvalue weighted by molar-refractivity contribution is -0.932. The molecule has 0 N–H and O–H groups in total. The van der Waals surface area contributed by atoms with Crippen LogP contribution in [0.5, 0.6) is 0 Å². The smallest absolute Gasteiger partial charge is 0.112 e. The monoisotopic (exact) mass is 142 g/mol. The van der Waals surface area contributed by atoms with E-state index in [1.54, 1.807) is 0 Å². The summed E-state index contributed by atoms with van der Waals surface area (Å²) >= 11 is 0. The van der Waals surface area contributed by atoms with E-state index >= 15 is 0 Å². The van der Waals surface area contributed by atoms with Crippen molar-refractivity contribution in [3.63, 3.8) is 0 Å². The SMILES string of the molecule is C[N+]1(C)CC2CCC1CO2. The predicted octanol–water partition coefficient (Wildman–Crippen LogP) is 0.624. The maximum absolute atomic E-state index is 5.60. The maximum atomic E-state index is 5.60. The third-order valence-electron chi connectivity index (χ3n) is 3.01. The molecule has 0 aromatic carbocycles. The van der Waals surface area contributed by atoms with Crippen LogP contribution in [0.2, 0.25) is 0 Å². The van der Waals surface area contributed by atoms with Gasteiger partial charge in [-0.1, -0.05) is 0 Å². The third kappa shape index (κ3) is 0.867. The van der Waals surface area contributed by atoms with Gasteiger partial charge >= 0.3 is 0 Å². The number of rotatable bonds is 0. The largest absolute Gasteiger partial charge is 0.366 e. The zero-order valence-electron chi connectivity index (χ0n) is 6.84. The van der Waals surface area contributed by atoms with Gasteiger partial charge in [0.1, 0.15) is 18.7 Å². The molecule has 0 aromatic rings. The van der Waals surface area contributed by atoms with Crippen LogP contribution < -0.4 is 0 Å². The van der Waals surface area contributed by atoms with E-state index in [1.165, 1.54) is 23.9 Å². The third-order valence-corrected chi connectivity index (χ3v) is 3.01. The number of hydrogen-bond donors (Lipinski definition) is 0. The molecule has 58 valence electrons. The molecule has 0 saturated carbocycles. The Labute approximate surface area is 62.4 Å². The van der Waals surface area contributed by atoms with Crippen molar-refractivity contribution in [3.05, 3.63) is 0 Å². The zero-order valence-corrected chi connectivity index (χ0v) is 6.84. The Morgan fingerprint density at radius 2 is 2.10 bits per heavy atom. The van der Waals surface area contributed by atoms with Crippen molar-refractivity contribution < 1.29 is 9.22 Å². The van der Waals surface area contributed by atoms with Gasteiger partial charge in [0.05, 0.1) is 20.7 Å². The van der Waals surface area contributed by atoms with Gasteiger partial charge in [-0.2, -0.15) is 0 Å². The first-order valence-electron chi connectivity index (χ1n) is 4.13. The van der Waals surface area contributed by atoms with E-state index in [2.05, 4.69) is 14.1 Å². The van der Waals surface area contributed by atoms with Crippen LogP contribution in [0.3, 0.4) is 0 Å². The van der Waals surface area contributed by atoms with Crippen LogP contribution in [-0.2, 0) is 4.74 Å². The first-order chi connectivity index (χ1) is 4.68. The van der Waals surface area contributed by atoms with Gasteiger partial charge in [0.2, 0.25) is 0 Å². The number of morpholine rings is 1. The molecule has 2 unspecified atom stereocenters. The zero-order chi connectivity index (χ0) is 7.19. The van der Waals surface area contributed by atoms with Crippen molar-refractivity contribution in [3.8, 4) is 0 Å². The predicted molar refractivity (Wildman–Crippen MR) is 39.7 cm³/mol. The summed E-state index contributed by atoms with van der Waals surface area (Å²) in [4.78, 5) is 0. The van der Waals surface area contributed by atoms with Crippen molar-refractivity contribution in [2.45, 2.75) is 25.0 Å². The van der Waals surface area contributed by atoms with Gasteiger partial charge in [0.25, 0.3) is 0 Å². The summed E-state index contributed by atoms with van der Waals surface area (Å²) in [5.41, 5.74) is 0. The summed E-state index contributed by atoms with van der Waals surface area (Å²) in [5.74, 6) is 0. The molecule has 3 fully saturated rings. The highest BCUT2D eigenvalue weighted by Crippen LogP contribution is 2.29. The Morgan fingerprint density at radius 1 is 1.30 bits per heavy atom. The van der Waals surface area contributed by atoms with E-state index in [0.29, 0.717) is 6.10 Å². The molecule has 0 radical (unpaired) electrons. The van der Waals surface area contributed by atoms with E-state index in [0.717, 1.165) is 12.6 Å². The molecule has 0 spiro atoms. The molecule has 3 aliphatic heterocycles. The topological polar surface area (TPSA) is 9.23 Å². The van der Waals surface area contributed by atoms with Crippen molar-refractivity contribution in [1.82, 2.24) is 0 Å². The molecule has 3 aliphatic rings. The number of ether oxygens (including phenoxy) is 1. The highest BCUT2D eigenvalue weighted by molar-refractivity contribution is 4.76. The molecule has 0 amide bonds. The molecule has 3 heterocycles. The van der Waals surface area contributed by atoms with E-state index < -0.39 is 0 Å². The van der Waals surface area contributed by atoms with Crippen LogP contribution in [0.1, 0.15) is 12.8 Å². The molecule has 2 atom stereocenters. The molecule has 0 aliphatic carbocycles. The van der Waals surface area contributed by atoms with Crippen LogP contribution in [0, 0.1) is 0 Å². The lowest BCUT2D eigenvalue weighted by atomic mass is 9.95. The summed E-state index contributed by atoms with van der Waals surface area (Å²) in [6.07, 6.45) is 3.24. The minimum absolute atomic E-state index is 0.569. The van der Waals surface area contributed by atoms with Gasteiger partial charge in [-0.3, -0.25) is 0 Å². The average Bonchev–Trinajstić information content (AvgIpc) is 1.87. The first-order valence-corrected chi connectivity index (χ1v) is 4.13. The summed E-state index contributed by atoms with van der Waals surface area (Å²) in [7, 11) is 4.64. The van der Waals surface area contributed by atoms with Gasteiger partial charge < -0.3 is 9.22 Å². The van der Waals surface area contributed by atoms with E-state index in [9.17, 15) is 0 Å². The van der Waals surface area contributed by atoms with Crippen LogP contribution in [0.4, 0.5) is 0 Å². The molecule has 3 rings (SSSR count). The lowest BCUT2D eigenvalue weighted by Crippen LogP contribution is -2.62. The summed E-state index contributed by atoms with van der Waals surface area (Å²) in [6.45, 7) is 2.22. The molecule has 10 heavy (non-hydrogen) atoms. The fourth-order valence-electron chi connectivity index (χ4n) is 2.16. The number of likely N-dealkylation sites (N-methyl/N-ethyl adjacent to an activating group) is 1. The summed E-state index contributed by atoms with van der Waals surface area (Å²) in [5, 5.41) is 0. The lowest BCUT2D eigenvalue weighted by Gasteiger charge is -2.49. The van der Waals surface area contributed by atoms with Crippen molar-refractivity contribution in [1.29, 1.82) is 0 Å². The molecule has 2 bridgehead atoms. The first kappa shape index (κ1) is 6.62.